The van der Waals surface area contributed by atoms with E-state index in [0.717, 1.165) is 12.8 Å². The number of ether oxygens (including phenoxy) is 1. The van der Waals surface area contributed by atoms with Crippen LogP contribution in [0.3, 0.4) is 0 Å². The van der Waals surface area contributed by atoms with E-state index >= 15 is 0 Å². The number of hydrogen-bond donors (Lipinski definition) is 0. The maximum atomic E-state index is 11.8. The second kappa shape index (κ2) is 5.09. The first-order chi connectivity index (χ1) is 7.49. The van der Waals surface area contributed by atoms with Gasteiger partial charge in [-0.25, -0.2) is 4.68 Å². The van der Waals surface area contributed by atoms with E-state index in [-0.39, 0.29) is 11.8 Å². The molecule has 1 aromatic heterocycles. The summed E-state index contributed by atoms with van der Waals surface area (Å²) in [5.74, 6) is 0.0218. The predicted octanol–water partition coefficient (Wildman–Crippen LogP) is 2.03. The van der Waals surface area contributed by atoms with Gasteiger partial charge in [-0.1, -0.05) is 23.7 Å². The lowest BCUT2D eigenvalue weighted by atomic mass is 9.88. The van der Waals surface area contributed by atoms with Crippen LogP contribution in [0.4, 0.5) is 0 Å². The summed E-state index contributed by atoms with van der Waals surface area (Å²) < 4.78 is 6.80. The molecule has 5 heteroatoms. The van der Waals surface area contributed by atoms with E-state index in [2.05, 4.69) is 10.3 Å². The molecule has 0 aliphatic carbocycles. The Morgan fingerprint density at radius 2 is 2.19 bits per heavy atom. The minimum atomic E-state index is -0.468. The van der Waals surface area contributed by atoms with Gasteiger partial charge in [0, 0.05) is 6.54 Å². The number of hydrogen-bond acceptors (Lipinski definition) is 4. The molecule has 0 aliphatic rings. The van der Waals surface area contributed by atoms with Crippen LogP contribution in [0.15, 0.2) is 6.20 Å². The molecule has 0 unspecified atom stereocenters. The van der Waals surface area contributed by atoms with Crippen molar-refractivity contribution in [3.63, 3.8) is 0 Å². The molecule has 0 fully saturated rings. The summed E-state index contributed by atoms with van der Waals surface area (Å²) in [7, 11) is 0. The first-order valence-corrected chi connectivity index (χ1v) is 5.62. The van der Waals surface area contributed by atoms with Crippen LogP contribution in [0.5, 0.6) is 5.88 Å². The van der Waals surface area contributed by atoms with Crippen LogP contribution in [0.2, 0.25) is 0 Å². The largest absolute Gasteiger partial charge is 0.404 e. The first-order valence-electron chi connectivity index (χ1n) is 5.62. The molecule has 0 radical (unpaired) electrons. The third-order valence-electron chi connectivity index (χ3n) is 2.47. The van der Waals surface area contributed by atoms with E-state index in [0.29, 0.717) is 6.54 Å². The fraction of sp³-hybridized carbons (Fsp3) is 0.727. The molecule has 5 nitrogen and oxygen atoms in total. The van der Waals surface area contributed by atoms with Gasteiger partial charge in [-0.15, -0.1) is 0 Å². The molecule has 90 valence electrons. The van der Waals surface area contributed by atoms with Crippen LogP contribution < -0.4 is 4.74 Å². The maximum Gasteiger partial charge on any atom is 0.318 e. The normalized spacial score (nSPS) is 11.5. The van der Waals surface area contributed by atoms with Gasteiger partial charge in [-0.05, 0) is 27.2 Å². The Hall–Kier alpha value is -1.39. The summed E-state index contributed by atoms with van der Waals surface area (Å²) in [6, 6.07) is 0. The average molecular weight is 225 g/mol. The lowest BCUT2D eigenvalue weighted by molar-refractivity contribution is -0.144. The monoisotopic (exact) mass is 225 g/mol. The molecular formula is C11H19N3O2. The van der Waals surface area contributed by atoms with Crippen molar-refractivity contribution in [1.29, 1.82) is 0 Å². The van der Waals surface area contributed by atoms with Crippen molar-refractivity contribution in [1.82, 2.24) is 15.0 Å². The maximum absolute atomic E-state index is 11.8. The smallest absolute Gasteiger partial charge is 0.318 e. The number of esters is 1. The Kier molecular flexibility index (Phi) is 4.04. The molecule has 0 saturated carbocycles. The number of carbonyl (C=O) groups excluding carboxylic acids is 1. The molecule has 0 N–H and O–H groups in total. The summed E-state index contributed by atoms with van der Waals surface area (Å²) in [5.41, 5.74) is -0.468. The highest BCUT2D eigenvalue weighted by Gasteiger charge is 2.29. The number of nitrogens with zero attached hydrogens (tertiary/aromatic N) is 3. The lowest BCUT2D eigenvalue weighted by Crippen LogP contribution is -2.28. The second-order valence-corrected chi connectivity index (χ2v) is 4.44. The van der Waals surface area contributed by atoms with Gasteiger partial charge in [0.2, 0.25) is 0 Å². The summed E-state index contributed by atoms with van der Waals surface area (Å²) in [4.78, 5) is 11.8. The third kappa shape index (κ3) is 3.05. The van der Waals surface area contributed by atoms with Gasteiger partial charge in [0.05, 0.1) is 11.6 Å². The van der Waals surface area contributed by atoms with Crippen molar-refractivity contribution in [2.45, 2.75) is 47.1 Å². The number of aryl methyl sites for hydroxylation is 1. The summed E-state index contributed by atoms with van der Waals surface area (Å²) in [6.45, 7) is 8.46. The molecule has 0 aliphatic heterocycles. The van der Waals surface area contributed by atoms with Crippen LogP contribution in [0.25, 0.3) is 0 Å². The van der Waals surface area contributed by atoms with Crippen LogP contribution in [-0.4, -0.2) is 21.0 Å². The Morgan fingerprint density at radius 3 is 2.69 bits per heavy atom. The molecule has 1 aromatic rings. The predicted molar refractivity (Wildman–Crippen MR) is 60.0 cm³/mol. The SMILES string of the molecule is CCCC(C)(C)C(=O)Oc1cn(CC)nn1. The van der Waals surface area contributed by atoms with Crippen molar-refractivity contribution in [2.24, 2.45) is 5.41 Å². The summed E-state index contributed by atoms with van der Waals surface area (Å²) in [6.07, 6.45) is 3.37. The highest BCUT2D eigenvalue weighted by molar-refractivity contribution is 5.77. The minimum Gasteiger partial charge on any atom is -0.404 e. The lowest BCUT2D eigenvalue weighted by Gasteiger charge is -2.20. The van der Waals surface area contributed by atoms with Crippen LogP contribution in [0, 0.1) is 5.41 Å². The van der Waals surface area contributed by atoms with Crippen molar-refractivity contribution in [2.75, 3.05) is 0 Å². The highest BCUT2D eigenvalue weighted by atomic mass is 16.5. The van der Waals surface area contributed by atoms with E-state index < -0.39 is 5.41 Å². The highest BCUT2D eigenvalue weighted by Crippen LogP contribution is 2.24. The molecule has 0 spiro atoms. The van der Waals surface area contributed by atoms with Crippen LogP contribution >= 0.6 is 0 Å². The quantitative estimate of drug-likeness (QED) is 0.719. The van der Waals surface area contributed by atoms with Crippen molar-refractivity contribution >= 4 is 5.97 Å². The van der Waals surface area contributed by atoms with Crippen molar-refractivity contribution in [3.8, 4) is 5.88 Å². The molecule has 0 amide bonds. The Bertz CT molecular complexity index is 358. The van der Waals surface area contributed by atoms with Gasteiger partial charge < -0.3 is 4.74 Å². The number of carbonyl (C=O) groups is 1. The summed E-state index contributed by atoms with van der Waals surface area (Å²) >= 11 is 0. The van der Waals surface area contributed by atoms with E-state index in [1.54, 1.807) is 10.9 Å². The molecular weight excluding hydrogens is 206 g/mol. The van der Waals surface area contributed by atoms with E-state index in [1.165, 1.54) is 0 Å². The first kappa shape index (κ1) is 12.7. The summed E-state index contributed by atoms with van der Waals surface area (Å²) in [5, 5.41) is 7.58. The zero-order valence-corrected chi connectivity index (χ0v) is 10.4. The van der Waals surface area contributed by atoms with Gasteiger partial charge in [-0.3, -0.25) is 4.79 Å². The fourth-order valence-electron chi connectivity index (χ4n) is 1.44. The third-order valence-corrected chi connectivity index (χ3v) is 2.47. The zero-order chi connectivity index (χ0) is 12.2. The van der Waals surface area contributed by atoms with Gasteiger partial charge in [0.15, 0.2) is 0 Å². The zero-order valence-electron chi connectivity index (χ0n) is 10.4. The Morgan fingerprint density at radius 1 is 1.50 bits per heavy atom. The van der Waals surface area contributed by atoms with Crippen LogP contribution in [0.1, 0.15) is 40.5 Å². The Labute approximate surface area is 95.8 Å². The molecule has 0 saturated heterocycles. The molecule has 0 aromatic carbocycles. The standard InChI is InChI=1S/C11H19N3O2/c1-5-7-11(3,4)10(15)16-9-8-14(6-2)13-12-9/h8H,5-7H2,1-4H3. The molecule has 1 rings (SSSR count). The topological polar surface area (TPSA) is 57.0 Å². The average Bonchev–Trinajstić information content (AvgIpc) is 2.65. The van der Waals surface area contributed by atoms with E-state index in [9.17, 15) is 4.79 Å². The van der Waals surface area contributed by atoms with Crippen LogP contribution in [-0.2, 0) is 11.3 Å². The number of aromatic nitrogens is 3. The van der Waals surface area contributed by atoms with E-state index in [1.807, 2.05) is 27.7 Å². The van der Waals surface area contributed by atoms with Gasteiger partial charge >= 0.3 is 5.97 Å². The second-order valence-electron chi connectivity index (χ2n) is 4.44. The molecule has 16 heavy (non-hydrogen) atoms. The van der Waals surface area contributed by atoms with Gasteiger partial charge in [0.1, 0.15) is 0 Å². The minimum absolute atomic E-state index is 0.252. The van der Waals surface area contributed by atoms with E-state index in [4.69, 9.17) is 4.74 Å². The van der Waals surface area contributed by atoms with Crippen molar-refractivity contribution < 1.29 is 9.53 Å². The Balaban J connectivity index is 2.63. The van der Waals surface area contributed by atoms with Crippen molar-refractivity contribution in [3.05, 3.63) is 6.20 Å². The molecule has 1 heterocycles. The number of rotatable bonds is 5. The van der Waals surface area contributed by atoms with Gasteiger partial charge in [0.25, 0.3) is 5.88 Å². The fourth-order valence-corrected chi connectivity index (χ4v) is 1.44. The molecule has 0 atom stereocenters. The van der Waals surface area contributed by atoms with Gasteiger partial charge in [-0.2, -0.15) is 0 Å². The molecule has 0 bridgehead atoms.